The molecule has 2 nitrogen and oxygen atoms in total. The van der Waals surface area contributed by atoms with Gasteiger partial charge in [0, 0.05) is 22.4 Å². The number of nitrogens with one attached hydrogen (secondary N) is 1. The Morgan fingerprint density at radius 1 is 1.29 bits per heavy atom. The van der Waals surface area contributed by atoms with Crippen molar-refractivity contribution in [3.63, 3.8) is 0 Å². The average Bonchev–Trinajstić information content (AvgIpc) is 2.76. The topological polar surface area (TPSA) is 24.9 Å². The van der Waals surface area contributed by atoms with Crippen LogP contribution in [0.25, 0.3) is 0 Å². The van der Waals surface area contributed by atoms with E-state index in [1.54, 1.807) is 11.3 Å². The first kappa shape index (κ1) is 16.5. The normalized spacial score (nSPS) is 12.6. The fourth-order valence-corrected chi connectivity index (χ4v) is 3.56. The van der Waals surface area contributed by atoms with Crippen molar-refractivity contribution in [1.82, 2.24) is 10.3 Å². The molecule has 1 aromatic heterocycles. The Balaban J connectivity index is 2.27. The standard InChI is InChI=1S/C17H23ClN2S/c1-5-8-19-16(10-17-20-12(3)13(4)21-17)15-9-14(18)7-6-11(15)2/h6-7,9,16,19H,5,8,10H2,1-4H3. The van der Waals surface area contributed by atoms with Gasteiger partial charge in [0.1, 0.15) is 0 Å². The number of rotatable bonds is 6. The van der Waals surface area contributed by atoms with Crippen molar-refractivity contribution in [2.45, 2.75) is 46.6 Å². The molecule has 0 saturated heterocycles. The molecule has 1 atom stereocenters. The summed E-state index contributed by atoms with van der Waals surface area (Å²) in [5.41, 5.74) is 3.70. The lowest BCUT2D eigenvalue weighted by Gasteiger charge is -2.20. The fraction of sp³-hybridized carbons (Fsp3) is 0.471. The third kappa shape index (κ3) is 4.29. The first-order valence-electron chi connectivity index (χ1n) is 7.43. The highest BCUT2D eigenvalue weighted by Crippen LogP contribution is 2.27. The Hall–Kier alpha value is -0.900. The van der Waals surface area contributed by atoms with E-state index >= 15 is 0 Å². The summed E-state index contributed by atoms with van der Waals surface area (Å²) in [6, 6.07) is 6.40. The van der Waals surface area contributed by atoms with E-state index in [1.807, 2.05) is 6.07 Å². The molecule has 2 aromatic rings. The van der Waals surface area contributed by atoms with Gasteiger partial charge in [-0.05, 0) is 57.0 Å². The monoisotopic (exact) mass is 322 g/mol. The number of hydrogen-bond acceptors (Lipinski definition) is 3. The van der Waals surface area contributed by atoms with Gasteiger partial charge in [-0.3, -0.25) is 0 Å². The average molecular weight is 323 g/mol. The van der Waals surface area contributed by atoms with Gasteiger partial charge in [0.25, 0.3) is 0 Å². The highest BCUT2D eigenvalue weighted by molar-refractivity contribution is 7.11. The van der Waals surface area contributed by atoms with Gasteiger partial charge in [-0.25, -0.2) is 4.98 Å². The molecule has 0 bridgehead atoms. The molecule has 0 fully saturated rings. The molecule has 0 radical (unpaired) electrons. The van der Waals surface area contributed by atoms with Crippen LogP contribution >= 0.6 is 22.9 Å². The first-order chi connectivity index (χ1) is 10.0. The summed E-state index contributed by atoms with van der Waals surface area (Å²) >= 11 is 7.98. The maximum atomic E-state index is 6.19. The van der Waals surface area contributed by atoms with Crippen LogP contribution in [0.3, 0.4) is 0 Å². The lowest BCUT2D eigenvalue weighted by Crippen LogP contribution is -2.24. The van der Waals surface area contributed by atoms with Crippen LogP contribution in [0.1, 0.15) is 46.1 Å². The largest absolute Gasteiger partial charge is 0.310 e. The zero-order valence-corrected chi connectivity index (χ0v) is 14.7. The maximum Gasteiger partial charge on any atom is 0.0949 e. The molecule has 0 aliphatic rings. The van der Waals surface area contributed by atoms with E-state index in [4.69, 9.17) is 11.6 Å². The molecule has 0 aliphatic heterocycles. The van der Waals surface area contributed by atoms with Gasteiger partial charge in [0.15, 0.2) is 0 Å². The number of halogens is 1. The number of aryl methyl sites for hydroxylation is 3. The Labute approximate surface area is 136 Å². The van der Waals surface area contributed by atoms with Gasteiger partial charge >= 0.3 is 0 Å². The molecular weight excluding hydrogens is 300 g/mol. The molecule has 1 heterocycles. The smallest absolute Gasteiger partial charge is 0.0949 e. The maximum absolute atomic E-state index is 6.19. The predicted octanol–water partition coefficient (Wildman–Crippen LogP) is 5.01. The minimum Gasteiger partial charge on any atom is -0.310 e. The Morgan fingerprint density at radius 2 is 2.05 bits per heavy atom. The molecule has 0 aliphatic carbocycles. The number of benzene rings is 1. The Morgan fingerprint density at radius 3 is 2.67 bits per heavy atom. The van der Waals surface area contributed by atoms with Crippen LogP contribution in [-0.4, -0.2) is 11.5 Å². The third-order valence-electron chi connectivity index (χ3n) is 3.71. The second-order valence-corrected chi connectivity index (χ2v) is 7.19. The molecule has 0 amide bonds. The SMILES string of the molecule is CCCNC(Cc1nc(C)c(C)s1)c1cc(Cl)ccc1C. The van der Waals surface area contributed by atoms with E-state index in [-0.39, 0.29) is 6.04 Å². The highest BCUT2D eigenvalue weighted by atomic mass is 35.5. The quantitative estimate of drug-likeness (QED) is 0.809. The lowest BCUT2D eigenvalue weighted by atomic mass is 9.99. The minimum absolute atomic E-state index is 0.272. The zero-order chi connectivity index (χ0) is 15.4. The zero-order valence-electron chi connectivity index (χ0n) is 13.2. The molecule has 4 heteroatoms. The van der Waals surface area contributed by atoms with Crippen LogP contribution in [0.2, 0.25) is 5.02 Å². The van der Waals surface area contributed by atoms with Gasteiger partial charge < -0.3 is 5.32 Å². The summed E-state index contributed by atoms with van der Waals surface area (Å²) in [5.74, 6) is 0. The van der Waals surface area contributed by atoms with Gasteiger partial charge in [-0.15, -0.1) is 11.3 Å². The molecule has 1 aromatic carbocycles. The second-order valence-electron chi connectivity index (χ2n) is 5.46. The number of nitrogens with zero attached hydrogens (tertiary/aromatic N) is 1. The molecule has 0 saturated carbocycles. The second kappa shape index (κ2) is 7.39. The van der Waals surface area contributed by atoms with E-state index < -0.39 is 0 Å². The van der Waals surface area contributed by atoms with E-state index in [9.17, 15) is 0 Å². The van der Waals surface area contributed by atoms with E-state index in [0.29, 0.717) is 0 Å². The Kier molecular flexibility index (Phi) is 5.80. The van der Waals surface area contributed by atoms with Gasteiger partial charge in [-0.1, -0.05) is 24.6 Å². The molecule has 114 valence electrons. The van der Waals surface area contributed by atoms with Crippen molar-refractivity contribution in [3.05, 3.63) is 49.9 Å². The number of hydrogen-bond donors (Lipinski definition) is 1. The van der Waals surface area contributed by atoms with Gasteiger partial charge in [0.2, 0.25) is 0 Å². The molecule has 1 unspecified atom stereocenters. The van der Waals surface area contributed by atoms with Crippen LogP contribution in [0, 0.1) is 20.8 Å². The summed E-state index contributed by atoms with van der Waals surface area (Å²) in [6.07, 6.45) is 2.03. The van der Waals surface area contributed by atoms with E-state index in [2.05, 4.69) is 50.1 Å². The molecule has 1 N–H and O–H groups in total. The third-order valence-corrected chi connectivity index (χ3v) is 5.04. The van der Waals surface area contributed by atoms with Crippen molar-refractivity contribution in [2.75, 3.05) is 6.54 Å². The minimum atomic E-state index is 0.272. The summed E-state index contributed by atoms with van der Waals surface area (Å²) in [6.45, 7) is 9.54. The summed E-state index contributed by atoms with van der Waals surface area (Å²) < 4.78 is 0. The van der Waals surface area contributed by atoms with E-state index in [0.717, 1.165) is 30.1 Å². The molecule has 2 rings (SSSR count). The Bertz CT molecular complexity index is 587. The van der Waals surface area contributed by atoms with Crippen molar-refractivity contribution in [1.29, 1.82) is 0 Å². The summed E-state index contributed by atoms with van der Waals surface area (Å²) in [7, 11) is 0. The van der Waals surface area contributed by atoms with Crippen LogP contribution in [0.5, 0.6) is 0 Å². The van der Waals surface area contributed by atoms with Gasteiger partial charge in [-0.2, -0.15) is 0 Å². The van der Waals surface area contributed by atoms with Crippen LogP contribution in [-0.2, 0) is 6.42 Å². The van der Waals surface area contributed by atoms with Crippen molar-refractivity contribution >= 4 is 22.9 Å². The number of thiazole rings is 1. The molecule has 0 spiro atoms. The van der Waals surface area contributed by atoms with Crippen molar-refractivity contribution in [2.24, 2.45) is 0 Å². The lowest BCUT2D eigenvalue weighted by molar-refractivity contribution is 0.526. The van der Waals surface area contributed by atoms with Crippen molar-refractivity contribution in [3.8, 4) is 0 Å². The molecule has 21 heavy (non-hydrogen) atoms. The molecular formula is C17H23ClN2S. The van der Waals surface area contributed by atoms with Gasteiger partial charge in [0.05, 0.1) is 10.7 Å². The first-order valence-corrected chi connectivity index (χ1v) is 8.63. The van der Waals surface area contributed by atoms with Crippen LogP contribution in [0.4, 0.5) is 0 Å². The fourth-order valence-electron chi connectivity index (χ4n) is 2.40. The highest BCUT2D eigenvalue weighted by Gasteiger charge is 2.17. The van der Waals surface area contributed by atoms with Crippen molar-refractivity contribution < 1.29 is 0 Å². The number of aromatic nitrogens is 1. The summed E-state index contributed by atoms with van der Waals surface area (Å²) in [4.78, 5) is 5.99. The van der Waals surface area contributed by atoms with Crippen LogP contribution in [0.15, 0.2) is 18.2 Å². The predicted molar refractivity (Wildman–Crippen MR) is 92.5 cm³/mol. The van der Waals surface area contributed by atoms with E-state index in [1.165, 1.54) is 21.0 Å². The summed E-state index contributed by atoms with van der Waals surface area (Å²) in [5, 5.41) is 5.63. The van der Waals surface area contributed by atoms with Crippen LogP contribution < -0.4 is 5.32 Å².